The zero-order valence-electron chi connectivity index (χ0n) is 16.3. The predicted octanol–water partition coefficient (Wildman–Crippen LogP) is 4.21. The lowest BCUT2D eigenvalue weighted by molar-refractivity contribution is -0.119. The van der Waals surface area contributed by atoms with E-state index in [0.717, 1.165) is 17.0 Å². The van der Waals surface area contributed by atoms with E-state index in [9.17, 15) is 4.79 Å². The number of carbonyl (C=O) groups excluding carboxylic acids is 1. The molecule has 0 saturated carbocycles. The van der Waals surface area contributed by atoms with E-state index >= 15 is 0 Å². The fourth-order valence-corrected chi connectivity index (χ4v) is 3.73. The van der Waals surface area contributed by atoms with Crippen LogP contribution in [0.15, 0.2) is 59.8 Å². The third-order valence-corrected chi connectivity index (χ3v) is 5.57. The van der Waals surface area contributed by atoms with Crippen LogP contribution in [0.25, 0.3) is 11.4 Å². The number of hydrogen-bond donors (Lipinski definition) is 1. The van der Waals surface area contributed by atoms with Crippen LogP contribution in [0.1, 0.15) is 18.5 Å². The molecule has 3 rings (SSSR count). The monoisotopic (exact) mass is 430 g/mol. The number of amides is 1. The smallest absolute Gasteiger partial charge is 0.230 e. The molecule has 29 heavy (non-hydrogen) atoms. The van der Waals surface area contributed by atoms with Gasteiger partial charge in [-0.2, -0.15) is 0 Å². The van der Waals surface area contributed by atoms with Crippen molar-refractivity contribution in [1.29, 1.82) is 0 Å². The summed E-state index contributed by atoms with van der Waals surface area (Å²) in [6, 6.07) is 17.3. The topological polar surface area (TPSA) is 69.0 Å². The second-order valence-electron chi connectivity index (χ2n) is 6.45. The van der Waals surface area contributed by atoms with Gasteiger partial charge in [-0.25, -0.2) is 0 Å². The average molecular weight is 431 g/mol. The van der Waals surface area contributed by atoms with Crippen molar-refractivity contribution < 1.29 is 9.53 Å². The molecular weight excluding hydrogens is 408 g/mol. The van der Waals surface area contributed by atoms with Gasteiger partial charge in [0.1, 0.15) is 0 Å². The van der Waals surface area contributed by atoms with E-state index in [2.05, 4.69) is 15.5 Å². The molecule has 1 amide bonds. The molecule has 2 aromatic carbocycles. The molecule has 0 saturated heterocycles. The van der Waals surface area contributed by atoms with Crippen molar-refractivity contribution >= 4 is 29.3 Å². The van der Waals surface area contributed by atoms with Crippen LogP contribution in [0.2, 0.25) is 5.02 Å². The van der Waals surface area contributed by atoms with Gasteiger partial charge >= 0.3 is 0 Å². The Bertz CT molecular complexity index is 932. The Morgan fingerprint density at radius 1 is 1.17 bits per heavy atom. The minimum Gasteiger partial charge on any atom is -0.383 e. The number of methoxy groups -OCH3 is 1. The SMILES string of the molecule is COCCn1c(SCC(=O)N[C@H](C)c2ccccc2)nnc1-c1ccc(Cl)cc1. The third kappa shape index (κ3) is 5.82. The van der Waals surface area contributed by atoms with Crippen molar-refractivity contribution in [1.82, 2.24) is 20.1 Å². The van der Waals surface area contributed by atoms with Gasteiger partial charge in [-0.3, -0.25) is 9.36 Å². The lowest BCUT2D eigenvalue weighted by Crippen LogP contribution is -2.28. The fraction of sp³-hybridized carbons (Fsp3) is 0.286. The lowest BCUT2D eigenvalue weighted by Gasteiger charge is -2.14. The summed E-state index contributed by atoms with van der Waals surface area (Å²) in [5.74, 6) is 0.920. The quantitative estimate of drug-likeness (QED) is 0.515. The van der Waals surface area contributed by atoms with E-state index in [1.54, 1.807) is 7.11 Å². The highest BCUT2D eigenvalue weighted by Gasteiger charge is 2.16. The third-order valence-electron chi connectivity index (χ3n) is 4.35. The van der Waals surface area contributed by atoms with Crippen molar-refractivity contribution in [2.75, 3.05) is 19.5 Å². The zero-order valence-corrected chi connectivity index (χ0v) is 17.9. The highest BCUT2D eigenvalue weighted by molar-refractivity contribution is 7.99. The molecule has 1 heterocycles. The van der Waals surface area contributed by atoms with Gasteiger partial charge in [0.15, 0.2) is 11.0 Å². The number of halogens is 1. The van der Waals surface area contributed by atoms with Gasteiger partial charge in [0.05, 0.1) is 24.9 Å². The van der Waals surface area contributed by atoms with Crippen molar-refractivity contribution in [3.05, 3.63) is 65.2 Å². The molecule has 3 aromatic rings. The summed E-state index contributed by atoms with van der Waals surface area (Å²) < 4.78 is 7.18. The van der Waals surface area contributed by atoms with E-state index in [1.807, 2.05) is 66.1 Å². The van der Waals surface area contributed by atoms with E-state index in [4.69, 9.17) is 16.3 Å². The minimum atomic E-state index is -0.0553. The normalized spacial score (nSPS) is 12.0. The molecule has 0 unspecified atom stereocenters. The summed E-state index contributed by atoms with van der Waals surface area (Å²) >= 11 is 7.34. The lowest BCUT2D eigenvalue weighted by atomic mass is 10.1. The molecule has 0 bridgehead atoms. The fourth-order valence-electron chi connectivity index (χ4n) is 2.83. The standard InChI is InChI=1S/C21H23ClN4O2S/c1-15(16-6-4-3-5-7-16)23-19(27)14-29-21-25-24-20(26(21)12-13-28-2)17-8-10-18(22)11-9-17/h3-11,15H,12-14H2,1-2H3,(H,23,27)/t15-/m1/s1. The molecule has 0 fully saturated rings. The summed E-state index contributed by atoms with van der Waals surface area (Å²) in [5, 5.41) is 13.0. The first-order valence-corrected chi connectivity index (χ1v) is 10.6. The Morgan fingerprint density at radius 2 is 1.90 bits per heavy atom. The van der Waals surface area contributed by atoms with Crippen LogP contribution in [0.4, 0.5) is 0 Å². The van der Waals surface area contributed by atoms with Gasteiger partial charge < -0.3 is 10.1 Å². The van der Waals surface area contributed by atoms with Gasteiger partial charge in [0.25, 0.3) is 0 Å². The van der Waals surface area contributed by atoms with Crippen molar-refractivity contribution in [2.24, 2.45) is 0 Å². The van der Waals surface area contributed by atoms with E-state index in [-0.39, 0.29) is 17.7 Å². The summed E-state index contributed by atoms with van der Waals surface area (Å²) in [6.07, 6.45) is 0. The molecule has 6 nitrogen and oxygen atoms in total. The molecular formula is C21H23ClN4O2S. The summed E-state index contributed by atoms with van der Waals surface area (Å²) in [5.41, 5.74) is 1.98. The van der Waals surface area contributed by atoms with Crippen LogP contribution in [0.3, 0.4) is 0 Å². The Labute approximate surface area is 179 Å². The summed E-state index contributed by atoms with van der Waals surface area (Å²) in [6.45, 7) is 3.08. The number of aromatic nitrogens is 3. The first-order chi connectivity index (χ1) is 14.1. The number of rotatable bonds is 9. The minimum absolute atomic E-state index is 0.0549. The van der Waals surface area contributed by atoms with Gasteiger partial charge in [-0.05, 0) is 36.8 Å². The first kappa shape index (κ1) is 21.4. The molecule has 8 heteroatoms. The van der Waals surface area contributed by atoms with Crippen molar-refractivity contribution in [2.45, 2.75) is 24.7 Å². The van der Waals surface area contributed by atoms with Crippen LogP contribution in [0, 0.1) is 0 Å². The number of hydrogen-bond acceptors (Lipinski definition) is 5. The number of benzene rings is 2. The number of carbonyl (C=O) groups is 1. The maximum atomic E-state index is 12.4. The molecule has 0 aliphatic rings. The number of ether oxygens (including phenoxy) is 1. The Hall–Kier alpha value is -2.35. The van der Waals surface area contributed by atoms with E-state index in [0.29, 0.717) is 23.3 Å². The van der Waals surface area contributed by atoms with Crippen molar-refractivity contribution in [3.63, 3.8) is 0 Å². The second kappa shape index (κ2) is 10.4. The molecule has 0 aliphatic heterocycles. The molecule has 1 atom stereocenters. The molecule has 1 N–H and O–H groups in total. The van der Waals surface area contributed by atoms with Crippen LogP contribution in [-0.2, 0) is 16.1 Å². The predicted molar refractivity (Wildman–Crippen MR) is 116 cm³/mol. The van der Waals surface area contributed by atoms with Gasteiger partial charge in [0, 0.05) is 17.7 Å². The first-order valence-electron chi connectivity index (χ1n) is 9.23. The van der Waals surface area contributed by atoms with Gasteiger partial charge in [0.2, 0.25) is 5.91 Å². The van der Waals surface area contributed by atoms with Crippen LogP contribution < -0.4 is 5.32 Å². The highest BCUT2D eigenvalue weighted by Crippen LogP contribution is 2.25. The molecule has 152 valence electrons. The Kier molecular flexibility index (Phi) is 7.69. The number of thioether (sulfide) groups is 1. The maximum Gasteiger partial charge on any atom is 0.230 e. The summed E-state index contributed by atoms with van der Waals surface area (Å²) in [7, 11) is 1.65. The van der Waals surface area contributed by atoms with E-state index in [1.165, 1.54) is 11.8 Å². The van der Waals surface area contributed by atoms with Crippen molar-refractivity contribution in [3.8, 4) is 11.4 Å². The zero-order chi connectivity index (χ0) is 20.6. The van der Waals surface area contributed by atoms with E-state index < -0.39 is 0 Å². The average Bonchev–Trinajstić information content (AvgIpc) is 3.14. The number of nitrogens with one attached hydrogen (secondary N) is 1. The van der Waals surface area contributed by atoms with Crippen LogP contribution >= 0.6 is 23.4 Å². The summed E-state index contributed by atoms with van der Waals surface area (Å²) in [4.78, 5) is 12.4. The van der Waals surface area contributed by atoms with Gasteiger partial charge in [-0.15, -0.1) is 10.2 Å². The Balaban J connectivity index is 1.68. The second-order valence-corrected chi connectivity index (χ2v) is 7.83. The molecule has 1 aromatic heterocycles. The molecule has 0 aliphatic carbocycles. The molecule has 0 radical (unpaired) electrons. The largest absolute Gasteiger partial charge is 0.383 e. The van der Waals surface area contributed by atoms with Gasteiger partial charge in [-0.1, -0.05) is 53.7 Å². The van der Waals surface area contributed by atoms with Crippen LogP contribution in [-0.4, -0.2) is 40.1 Å². The van der Waals surface area contributed by atoms with Crippen LogP contribution in [0.5, 0.6) is 0 Å². The highest BCUT2D eigenvalue weighted by atomic mass is 35.5. The number of nitrogens with zero attached hydrogens (tertiary/aromatic N) is 3. The maximum absolute atomic E-state index is 12.4. The Morgan fingerprint density at radius 3 is 2.59 bits per heavy atom. The molecule has 0 spiro atoms.